The number of hydrogen-bond acceptors (Lipinski definition) is 5. The molecular weight excluding hydrogens is 504 g/mol. The van der Waals surface area contributed by atoms with Crippen molar-refractivity contribution in [2.45, 2.75) is 38.8 Å². The Hall–Kier alpha value is -4.54. The van der Waals surface area contributed by atoms with Gasteiger partial charge in [-0.15, -0.1) is 0 Å². The number of aryl methyl sites for hydroxylation is 2. The van der Waals surface area contributed by atoms with E-state index in [1.165, 1.54) is 16.7 Å². The quantitative estimate of drug-likeness (QED) is 0.356. The van der Waals surface area contributed by atoms with Crippen LogP contribution in [0, 0.1) is 18.6 Å². The van der Waals surface area contributed by atoms with Crippen LogP contribution >= 0.6 is 0 Å². The van der Waals surface area contributed by atoms with Crippen molar-refractivity contribution in [2.24, 2.45) is 12.0 Å². The molecule has 1 unspecified atom stereocenters. The fourth-order valence-corrected chi connectivity index (χ4v) is 4.78. The number of nitrogens with zero attached hydrogens (tertiary/aromatic N) is 6. The van der Waals surface area contributed by atoms with Gasteiger partial charge in [0.05, 0.1) is 36.9 Å². The standard InChI is InChI=1S/C28H27F2N7O2/c1-15-13-36(14-31-15)22-8-5-17(11-23(22)39-4)25-33-24-26(34-25)35(3)28(32-21-6-7-21)37(27(24)38)16(2)18-9-19(29)12-20(30)10-18/h5,8-14,16,21H,6-7H2,1-4H3,(H,33,34). The Bertz CT molecular complexity index is 1840. The van der Waals surface area contributed by atoms with E-state index in [1.807, 2.05) is 35.9 Å². The number of aromatic nitrogens is 6. The number of benzene rings is 2. The van der Waals surface area contributed by atoms with Crippen molar-refractivity contribution in [2.75, 3.05) is 7.11 Å². The van der Waals surface area contributed by atoms with Gasteiger partial charge in [-0.1, -0.05) is 0 Å². The van der Waals surface area contributed by atoms with Gasteiger partial charge in [0.15, 0.2) is 5.65 Å². The second kappa shape index (κ2) is 9.33. The van der Waals surface area contributed by atoms with E-state index in [4.69, 9.17) is 14.7 Å². The third-order valence-electron chi connectivity index (χ3n) is 6.99. The molecule has 0 aliphatic heterocycles. The molecule has 1 aliphatic rings. The van der Waals surface area contributed by atoms with Crippen LogP contribution in [0.15, 0.2) is 58.7 Å². The van der Waals surface area contributed by atoms with Crippen LogP contribution in [-0.2, 0) is 7.05 Å². The molecule has 39 heavy (non-hydrogen) atoms. The fourth-order valence-electron chi connectivity index (χ4n) is 4.78. The van der Waals surface area contributed by atoms with Gasteiger partial charge in [-0.05, 0) is 62.6 Å². The van der Waals surface area contributed by atoms with Crippen molar-refractivity contribution in [1.82, 2.24) is 28.7 Å². The maximum Gasteiger partial charge on any atom is 0.281 e. The normalized spacial score (nSPS) is 14.8. The predicted molar refractivity (Wildman–Crippen MR) is 142 cm³/mol. The van der Waals surface area contributed by atoms with Crippen molar-refractivity contribution in [1.29, 1.82) is 0 Å². The number of ether oxygens (including phenoxy) is 1. The van der Waals surface area contributed by atoms with Gasteiger partial charge in [0.2, 0.25) is 5.62 Å². The third kappa shape index (κ3) is 4.43. The van der Waals surface area contributed by atoms with Crippen LogP contribution in [0.5, 0.6) is 5.75 Å². The van der Waals surface area contributed by atoms with Gasteiger partial charge in [0.1, 0.15) is 28.7 Å². The molecule has 6 rings (SSSR count). The highest BCUT2D eigenvalue weighted by Gasteiger charge is 2.25. The first-order valence-corrected chi connectivity index (χ1v) is 12.6. The van der Waals surface area contributed by atoms with E-state index in [-0.39, 0.29) is 17.1 Å². The zero-order valence-electron chi connectivity index (χ0n) is 21.9. The second-order valence-corrected chi connectivity index (χ2v) is 9.87. The molecule has 0 amide bonds. The summed E-state index contributed by atoms with van der Waals surface area (Å²) in [4.78, 5) is 30.9. The van der Waals surface area contributed by atoms with E-state index in [0.29, 0.717) is 28.4 Å². The van der Waals surface area contributed by atoms with E-state index < -0.39 is 17.7 Å². The van der Waals surface area contributed by atoms with Crippen LogP contribution in [-0.4, -0.2) is 41.8 Å². The van der Waals surface area contributed by atoms with Crippen molar-refractivity contribution in [3.8, 4) is 22.8 Å². The number of imidazole rings is 2. The summed E-state index contributed by atoms with van der Waals surface area (Å²) in [5.41, 5.74) is 3.45. The number of rotatable bonds is 6. The first-order chi connectivity index (χ1) is 18.7. The minimum absolute atomic E-state index is 0.0952. The van der Waals surface area contributed by atoms with Crippen LogP contribution in [0.1, 0.15) is 37.1 Å². The summed E-state index contributed by atoms with van der Waals surface area (Å²) in [7, 11) is 3.38. The van der Waals surface area contributed by atoms with E-state index in [9.17, 15) is 13.6 Å². The molecule has 1 fully saturated rings. The van der Waals surface area contributed by atoms with Gasteiger partial charge in [-0.25, -0.2) is 23.7 Å². The molecule has 5 aromatic rings. The molecule has 9 nitrogen and oxygen atoms in total. The summed E-state index contributed by atoms with van der Waals surface area (Å²) in [6, 6.07) is 8.32. The van der Waals surface area contributed by atoms with E-state index in [1.54, 1.807) is 32.0 Å². The van der Waals surface area contributed by atoms with Crippen LogP contribution in [0.2, 0.25) is 0 Å². The van der Waals surface area contributed by atoms with Crippen molar-refractivity contribution in [3.63, 3.8) is 0 Å². The first-order valence-electron chi connectivity index (χ1n) is 12.6. The smallest absolute Gasteiger partial charge is 0.281 e. The van der Waals surface area contributed by atoms with Crippen molar-refractivity contribution < 1.29 is 13.5 Å². The van der Waals surface area contributed by atoms with Gasteiger partial charge in [0.25, 0.3) is 5.56 Å². The molecular formula is C28H27F2N7O2. The molecule has 11 heteroatoms. The summed E-state index contributed by atoms with van der Waals surface area (Å²) in [6.07, 6.45) is 5.46. The van der Waals surface area contributed by atoms with E-state index >= 15 is 0 Å². The topological polar surface area (TPSA) is 95.0 Å². The zero-order chi connectivity index (χ0) is 27.4. The average molecular weight is 532 g/mol. The molecule has 1 atom stereocenters. The van der Waals surface area contributed by atoms with Gasteiger partial charge < -0.3 is 14.3 Å². The number of nitrogens with one attached hydrogen (secondary N) is 1. The molecule has 200 valence electrons. The minimum Gasteiger partial charge on any atom is -0.495 e. The number of halogens is 2. The monoisotopic (exact) mass is 531 g/mol. The Kier molecular flexibility index (Phi) is 5.93. The molecule has 3 heterocycles. The predicted octanol–water partition coefficient (Wildman–Crippen LogP) is 4.18. The number of fused-ring (bicyclic) bond motifs is 1. The highest BCUT2D eigenvalue weighted by molar-refractivity contribution is 5.76. The van der Waals surface area contributed by atoms with Gasteiger partial charge in [-0.2, -0.15) is 0 Å². The summed E-state index contributed by atoms with van der Waals surface area (Å²) < 4.78 is 38.9. The lowest BCUT2D eigenvalue weighted by Gasteiger charge is -2.18. The van der Waals surface area contributed by atoms with Crippen LogP contribution in [0.25, 0.3) is 28.2 Å². The molecule has 0 saturated heterocycles. The Labute approximate surface area is 222 Å². The number of aromatic amines is 1. The van der Waals surface area contributed by atoms with Gasteiger partial charge in [0, 0.05) is 24.9 Å². The van der Waals surface area contributed by atoms with Crippen LogP contribution < -0.4 is 15.9 Å². The largest absolute Gasteiger partial charge is 0.495 e. The molecule has 0 radical (unpaired) electrons. The fraction of sp³-hybridized carbons (Fsp3) is 0.286. The molecule has 1 aliphatic carbocycles. The SMILES string of the molecule is COc1cc(-c2nc3c([nH]2)c(=O)n(C(C)c2cc(F)cc(F)c2)c(=NC2CC2)n3C)ccc1-n1cnc(C)c1. The molecule has 2 aromatic carbocycles. The summed E-state index contributed by atoms with van der Waals surface area (Å²) >= 11 is 0. The Morgan fingerprint density at radius 3 is 2.54 bits per heavy atom. The lowest BCUT2D eigenvalue weighted by Crippen LogP contribution is -2.42. The van der Waals surface area contributed by atoms with E-state index in [2.05, 4.69) is 9.97 Å². The number of hydrogen-bond donors (Lipinski definition) is 1. The van der Waals surface area contributed by atoms with Gasteiger partial charge in [-0.3, -0.25) is 13.9 Å². The molecule has 1 N–H and O–H groups in total. The Morgan fingerprint density at radius 1 is 1.15 bits per heavy atom. The lowest BCUT2D eigenvalue weighted by molar-refractivity contribution is 0.413. The van der Waals surface area contributed by atoms with Crippen LogP contribution in [0.3, 0.4) is 0 Å². The summed E-state index contributed by atoms with van der Waals surface area (Å²) in [5, 5.41) is 0. The third-order valence-corrected chi connectivity index (χ3v) is 6.99. The Balaban J connectivity index is 1.53. The molecule has 1 saturated carbocycles. The molecule has 0 spiro atoms. The summed E-state index contributed by atoms with van der Waals surface area (Å²) in [6.45, 7) is 3.64. The highest BCUT2D eigenvalue weighted by Crippen LogP contribution is 2.30. The van der Waals surface area contributed by atoms with Crippen LogP contribution in [0.4, 0.5) is 8.78 Å². The molecule has 0 bridgehead atoms. The van der Waals surface area contributed by atoms with Crippen molar-refractivity contribution in [3.05, 3.63) is 87.8 Å². The first kappa shape index (κ1) is 24.8. The number of H-pyrrole nitrogens is 1. The highest BCUT2D eigenvalue weighted by atomic mass is 19.1. The van der Waals surface area contributed by atoms with Crippen molar-refractivity contribution >= 4 is 11.2 Å². The van der Waals surface area contributed by atoms with Gasteiger partial charge >= 0.3 is 0 Å². The zero-order valence-corrected chi connectivity index (χ0v) is 21.9. The second-order valence-electron chi connectivity index (χ2n) is 9.87. The average Bonchev–Trinajstić information content (AvgIpc) is 3.44. The lowest BCUT2D eigenvalue weighted by atomic mass is 10.1. The minimum atomic E-state index is -0.705. The van der Waals surface area contributed by atoms with E-state index in [0.717, 1.165) is 35.9 Å². The Morgan fingerprint density at radius 2 is 1.90 bits per heavy atom. The summed E-state index contributed by atoms with van der Waals surface area (Å²) in [5.74, 6) is -0.325. The molecule has 3 aromatic heterocycles. The number of methoxy groups -OCH3 is 1. The maximum absolute atomic E-state index is 14.1. The maximum atomic E-state index is 14.1.